The first-order chi connectivity index (χ1) is 5.81. The number of imidazole rings is 1. The summed E-state index contributed by atoms with van der Waals surface area (Å²) in [5.41, 5.74) is 1.50. The molecule has 12 heavy (non-hydrogen) atoms. The van der Waals surface area contributed by atoms with Gasteiger partial charge in [0, 0.05) is 12.1 Å². The minimum absolute atomic E-state index is 0.170. The van der Waals surface area contributed by atoms with Gasteiger partial charge < -0.3 is 14.8 Å². The molecule has 0 unspecified atom stereocenters. The van der Waals surface area contributed by atoms with Crippen molar-refractivity contribution < 1.29 is 9.84 Å². The molecule has 1 aromatic heterocycles. The van der Waals surface area contributed by atoms with E-state index in [1.54, 1.807) is 19.5 Å². The fraction of sp³-hybridized carbons (Fsp3) is 0.125. The molecule has 0 aliphatic heterocycles. The zero-order valence-electron chi connectivity index (χ0n) is 6.53. The fourth-order valence-electron chi connectivity index (χ4n) is 1.16. The number of nitrogens with one attached hydrogen (secondary N) is 1. The van der Waals surface area contributed by atoms with Gasteiger partial charge >= 0.3 is 0 Å². The summed E-state index contributed by atoms with van der Waals surface area (Å²) in [5.74, 6) is 0.745. The summed E-state index contributed by atoms with van der Waals surface area (Å²) in [4.78, 5) is 6.92. The molecule has 0 amide bonds. The predicted octanol–water partition coefficient (Wildman–Crippen LogP) is 1.28. The number of methoxy groups -OCH3 is 1. The largest absolute Gasteiger partial charge is 0.508 e. The standard InChI is InChI=1S/C8H8N2O2/c1-12-7-3-5(11)2-6-8(7)10-4-9-6/h2-4,11H,1H3,(H,9,10). The lowest BCUT2D eigenvalue weighted by Gasteiger charge is -2.00. The number of hydrogen-bond donors (Lipinski definition) is 2. The average Bonchev–Trinajstić information content (AvgIpc) is 2.50. The summed E-state index contributed by atoms with van der Waals surface area (Å²) >= 11 is 0. The number of aromatic amines is 1. The van der Waals surface area contributed by atoms with E-state index in [4.69, 9.17) is 4.74 Å². The summed E-state index contributed by atoms with van der Waals surface area (Å²) in [7, 11) is 1.54. The molecule has 1 heterocycles. The van der Waals surface area contributed by atoms with Crippen LogP contribution in [0.1, 0.15) is 0 Å². The predicted molar refractivity (Wildman–Crippen MR) is 44.3 cm³/mol. The van der Waals surface area contributed by atoms with E-state index in [1.807, 2.05) is 0 Å². The molecular weight excluding hydrogens is 156 g/mol. The Kier molecular flexibility index (Phi) is 1.40. The second-order valence-electron chi connectivity index (χ2n) is 2.45. The van der Waals surface area contributed by atoms with E-state index in [9.17, 15) is 5.11 Å². The van der Waals surface area contributed by atoms with E-state index in [0.717, 1.165) is 11.0 Å². The molecule has 2 rings (SSSR count). The second kappa shape index (κ2) is 2.41. The maximum Gasteiger partial charge on any atom is 0.150 e. The molecule has 0 aliphatic rings. The Balaban J connectivity index is 2.80. The molecule has 0 spiro atoms. The summed E-state index contributed by atoms with van der Waals surface area (Å²) in [5, 5.41) is 9.23. The van der Waals surface area contributed by atoms with Crippen LogP contribution in [0, 0.1) is 0 Å². The Hall–Kier alpha value is -1.71. The number of phenols is 1. The molecule has 0 radical (unpaired) electrons. The van der Waals surface area contributed by atoms with Crippen molar-refractivity contribution in [2.24, 2.45) is 0 Å². The minimum atomic E-state index is 0.170. The van der Waals surface area contributed by atoms with Gasteiger partial charge in [-0.25, -0.2) is 4.98 Å². The Bertz CT molecular complexity index is 408. The Morgan fingerprint density at radius 3 is 3.08 bits per heavy atom. The maximum atomic E-state index is 9.23. The van der Waals surface area contributed by atoms with Gasteiger partial charge in [0.1, 0.15) is 17.0 Å². The summed E-state index contributed by atoms with van der Waals surface area (Å²) < 4.78 is 5.02. The lowest BCUT2D eigenvalue weighted by Crippen LogP contribution is -1.83. The highest BCUT2D eigenvalue weighted by molar-refractivity contribution is 5.82. The molecule has 0 fully saturated rings. The number of aromatic hydroxyl groups is 1. The Morgan fingerprint density at radius 1 is 1.50 bits per heavy atom. The van der Waals surface area contributed by atoms with Crippen molar-refractivity contribution in [3.8, 4) is 11.5 Å². The zero-order valence-corrected chi connectivity index (χ0v) is 6.53. The van der Waals surface area contributed by atoms with E-state index in [-0.39, 0.29) is 5.75 Å². The first kappa shape index (κ1) is 6.97. The van der Waals surface area contributed by atoms with Crippen molar-refractivity contribution in [2.75, 3.05) is 7.11 Å². The van der Waals surface area contributed by atoms with Gasteiger partial charge in [-0.15, -0.1) is 0 Å². The molecule has 0 atom stereocenters. The van der Waals surface area contributed by atoms with Crippen LogP contribution in [0.3, 0.4) is 0 Å². The summed E-state index contributed by atoms with van der Waals surface area (Å²) in [6.45, 7) is 0. The first-order valence-electron chi connectivity index (χ1n) is 3.51. The van der Waals surface area contributed by atoms with E-state index in [1.165, 1.54) is 6.07 Å². The van der Waals surface area contributed by atoms with Crippen LogP contribution in [0.2, 0.25) is 0 Å². The van der Waals surface area contributed by atoms with Crippen LogP contribution in [-0.2, 0) is 0 Å². The highest BCUT2D eigenvalue weighted by Crippen LogP contribution is 2.27. The quantitative estimate of drug-likeness (QED) is 0.667. The van der Waals surface area contributed by atoms with Crippen molar-refractivity contribution in [2.45, 2.75) is 0 Å². The molecule has 0 bridgehead atoms. The zero-order chi connectivity index (χ0) is 8.55. The summed E-state index contributed by atoms with van der Waals surface area (Å²) in [6.07, 6.45) is 1.56. The Morgan fingerprint density at radius 2 is 2.33 bits per heavy atom. The number of hydrogen-bond acceptors (Lipinski definition) is 3. The number of aromatic nitrogens is 2. The van der Waals surface area contributed by atoms with Crippen molar-refractivity contribution in [3.63, 3.8) is 0 Å². The third-order valence-electron chi connectivity index (χ3n) is 1.69. The Labute approximate surface area is 68.8 Å². The molecule has 1 aromatic carbocycles. The highest BCUT2D eigenvalue weighted by Gasteiger charge is 2.04. The molecule has 0 aliphatic carbocycles. The van der Waals surface area contributed by atoms with Gasteiger partial charge in [0.25, 0.3) is 0 Å². The number of benzene rings is 1. The van der Waals surface area contributed by atoms with Crippen molar-refractivity contribution >= 4 is 11.0 Å². The molecule has 62 valence electrons. The molecule has 0 saturated carbocycles. The minimum Gasteiger partial charge on any atom is -0.508 e. The molecule has 2 N–H and O–H groups in total. The van der Waals surface area contributed by atoms with Gasteiger partial charge in [-0.2, -0.15) is 0 Å². The lowest BCUT2D eigenvalue weighted by molar-refractivity contribution is 0.412. The van der Waals surface area contributed by atoms with Gasteiger partial charge in [-0.05, 0) is 0 Å². The van der Waals surface area contributed by atoms with Gasteiger partial charge in [-0.3, -0.25) is 0 Å². The second-order valence-corrected chi connectivity index (χ2v) is 2.45. The van der Waals surface area contributed by atoms with Gasteiger partial charge in [0.15, 0.2) is 0 Å². The molecule has 0 saturated heterocycles. The van der Waals surface area contributed by atoms with Gasteiger partial charge in [-0.1, -0.05) is 0 Å². The molecule has 4 heteroatoms. The number of fused-ring (bicyclic) bond motifs is 1. The number of phenolic OH excluding ortho intramolecular Hbond substituents is 1. The lowest BCUT2D eigenvalue weighted by atomic mass is 10.3. The van der Waals surface area contributed by atoms with E-state index >= 15 is 0 Å². The number of rotatable bonds is 1. The van der Waals surface area contributed by atoms with E-state index < -0.39 is 0 Å². The third-order valence-corrected chi connectivity index (χ3v) is 1.69. The first-order valence-corrected chi connectivity index (χ1v) is 3.51. The topological polar surface area (TPSA) is 58.1 Å². The molecule has 4 nitrogen and oxygen atoms in total. The molecule has 2 aromatic rings. The summed E-state index contributed by atoms with van der Waals surface area (Å²) in [6, 6.07) is 3.13. The van der Waals surface area contributed by atoms with E-state index in [2.05, 4.69) is 9.97 Å². The molecular formula is C8H8N2O2. The monoisotopic (exact) mass is 164 g/mol. The number of nitrogens with zero attached hydrogens (tertiary/aromatic N) is 1. The average molecular weight is 164 g/mol. The number of H-pyrrole nitrogens is 1. The van der Waals surface area contributed by atoms with Crippen LogP contribution in [0.5, 0.6) is 11.5 Å². The third kappa shape index (κ3) is 0.887. The smallest absolute Gasteiger partial charge is 0.150 e. The van der Waals surface area contributed by atoms with Crippen LogP contribution >= 0.6 is 0 Å². The van der Waals surface area contributed by atoms with Crippen molar-refractivity contribution in [1.82, 2.24) is 9.97 Å². The van der Waals surface area contributed by atoms with Crippen molar-refractivity contribution in [3.05, 3.63) is 18.5 Å². The van der Waals surface area contributed by atoms with Gasteiger partial charge in [0.2, 0.25) is 0 Å². The SMILES string of the molecule is COc1cc(O)cc2[nH]cnc12. The van der Waals surface area contributed by atoms with Crippen LogP contribution in [0.15, 0.2) is 18.5 Å². The van der Waals surface area contributed by atoms with Gasteiger partial charge in [0.05, 0.1) is 19.0 Å². The van der Waals surface area contributed by atoms with Crippen LogP contribution < -0.4 is 4.74 Å². The van der Waals surface area contributed by atoms with Crippen LogP contribution in [-0.4, -0.2) is 22.2 Å². The normalized spacial score (nSPS) is 10.4. The van der Waals surface area contributed by atoms with Crippen LogP contribution in [0.25, 0.3) is 11.0 Å². The van der Waals surface area contributed by atoms with Crippen molar-refractivity contribution in [1.29, 1.82) is 0 Å². The van der Waals surface area contributed by atoms with E-state index in [0.29, 0.717) is 5.75 Å². The fourth-order valence-corrected chi connectivity index (χ4v) is 1.16. The maximum absolute atomic E-state index is 9.23. The van der Waals surface area contributed by atoms with Crippen LogP contribution in [0.4, 0.5) is 0 Å². The highest BCUT2D eigenvalue weighted by atomic mass is 16.5. The number of ether oxygens (including phenoxy) is 1.